The van der Waals surface area contributed by atoms with Crippen molar-refractivity contribution in [3.63, 3.8) is 0 Å². The van der Waals surface area contributed by atoms with Crippen molar-refractivity contribution in [3.05, 3.63) is 30.3 Å². The van der Waals surface area contributed by atoms with E-state index in [1.165, 1.54) is 12.1 Å². The molecule has 0 heterocycles. The first kappa shape index (κ1) is 10.3. The van der Waals surface area contributed by atoms with Crippen molar-refractivity contribution < 1.29 is 15.6 Å². The van der Waals surface area contributed by atoms with Crippen LogP contribution in [-0.2, 0) is 9.84 Å². The lowest BCUT2D eigenvalue weighted by Crippen LogP contribution is -2.36. The average molecular weight is 244 g/mol. The number of sulfone groups is 1. The van der Waals surface area contributed by atoms with Gasteiger partial charge in [-0.15, -0.1) is 0 Å². The van der Waals surface area contributed by atoms with Crippen LogP contribution < -0.4 is 0 Å². The number of hydrogen-bond acceptors (Lipinski definition) is 2. The van der Waals surface area contributed by atoms with Crippen molar-refractivity contribution in [3.8, 4) is 0 Å². The highest BCUT2D eigenvalue weighted by molar-refractivity contribution is 7.91. The van der Waals surface area contributed by atoms with Crippen LogP contribution in [0.15, 0.2) is 35.2 Å². The zero-order valence-electron chi connectivity index (χ0n) is 12.0. The number of benzene rings is 1. The third-order valence-corrected chi connectivity index (χ3v) is 3.61. The van der Waals surface area contributed by atoms with E-state index >= 15 is 0 Å². The molecule has 16 heavy (non-hydrogen) atoms. The van der Waals surface area contributed by atoms with Crippen LogP contribution in [0.25, 0.3) is 0 Å². The Morgan fingerprint density at radius 1 is 1.19 bits per heavy atom. The Labute approximate surface area is 101 Å². The zero-order chi connectivity index (χ0) is 14.0. The summed E-state index contributed by atoms with van der Waals surface area (Å²) in [5.41, 5.74) is -2.24. The zero-order valence-corrected chi connectivity index (χ0v) is 10.8. The van der Waals surface area contributed by atoms with Crippen molar-refractivity contribution >= 4 is 9.84 Å². The van der Waals surface area contributed by atoms with E-state index in [2.05, 4.69) is 0 Å². The van der Waals surface area contributed by atoms with Crippen molar-refractivity contribution in [2.75, 3.05) is 33.4 Å². The molecule has 0 aliphatic carbocycles. The van der Waals surface area contributed by atoms with Crippen LogP contribution in [0.2, 0.25) is 0 Å². The third-order valence-electron chi connectivity index (χ3n) is 2.13. The predicted octanol–water partition coefficient (Wildman–Crippen LogP) is 1.56. The SMILES string of the molecule is [2H]C([2H])(CC[N+](C)(C)C)S(=O)(=O)c1ccccc1. The highest BCUT2D eigenvalue weighted by Crippen LogP contribution is 2.11. The minimum Gasteiger partial charge on any atom is -0.331 e. The molecule has 1 aromatic rings. The minimum absolute atomic E-state index is 0.0201. The molecule has 0 spiro atoms. The monoisotopic (exact) mass is 244 g/mol. The Morgan fingerprint density at radius 3 is 2.25 bits per heavy atom. The second-order valence-electron chi connectivity index (χ2n) is 4.72. The van der Waals surface area contributed by atoms with Crippen LogP contribution in [0.1, 0.15) is 9.16 Å². The van der Waals surface area contributed by atoms with Gasteiger partial charge in [-0.05, 0) is 12.1 Å². The molecule has 90 valence electrons. The fourth-order valence-corrected chi connectivity index (χ4v) is 2.24. The summed E-state index contributed by atoms with van der Waals surface area (Å²) in [5.74, 6) is 0. The van der Waals surface area contributed by atoms with E-state index in [1.54, 1.807) is 18.2 Å². The third kappa shape index (κ3) is 4.33. The van der Waals surface area contributed by atoms with Crippen molar-refractivity contribution in [1.29, 1.82) is 0 Å². The van der Waals surface area contributed by atoms with E-state index in [0.29, 0.717) is 11.0 Å². The first-order chi connectivity index (χ1) is 8.06. The van der Waals surface area contributed by atoms with Gasteiger partial charge in [0, 0.05) is 9.16 Å². The van der Waals surface area contributed by atoms with Crippen LogP contribution in [0.4, 0.5) is 0 Å². The summed E-state index contributed by atoms with van der Waals surface area (Å²) in [6, 6.07) is 7.77. The summed E-state index contributed by atoms with van der Waals surface area (Å²) in [6.45, 7) is 0.457. The van der Waals surface area contributed by atoms with E-state index in [4.69, 9.17) is 2.74 Å². The van der Waals surface area contributed by atoms with E-state index in [9.17, 15) is 8.42 Å². The van der Waals surface area contributed by atoms with Gasteiger partial charge in [-0.25, -0.2) is 8.42 Å². The second kappa shape index (κ2) is 4.97. The van der Waals surface area contributed by atoms with Gasteiger partial charge >= 0.3 is 0 Å². The molecule has 0 aromatic heterocycles. The smallest absolute Gasteiger partial charge is 0.178 e. The summed E-state index contributed by atoms with van der Waals surface area (Å²) in [7, 11) is 1.79. The van der Waals surface area contributed by atoms with Gasteiger partial charge in [-0.2, -0.15) is 0 Å². The molecule has 3 nitrogen and oxygen atoms in total. The van der Waals surface area contributed by atoms with Gasteiger partial charge in [0.1, 0.15) is 0 Å². The van der Waals surface area contributed by atoms with Crippen LogP contribution >= 0.6 is 0 Å². The Kier molecular flexibility index (Phi) is 3.20. The van der Waals surface area contributed by atoms with E-state index in [1.807, 2.05) is 21.1 Å². The van der Waals surface area contributed by atoms with Crippen molar-refractivity contribution in [2.45, 2.75) is 11.3 Å². The first-order valence-electron chi connectivity index (χ1n) is 6.16. The molecular weight excluding hydrogens is 222 g/mol. The van der Waals surface area contributed by atoms with Gasteiger partial charge in [0.15, 0.2) is 9.84 Å². The largest absolute Gasteiger partial charge is 0.331 e. The molecule has 0 saturated carbocycles. The maximum absolute atomic E-state index is 12.2. The van der Waals surface area contributed by atoms with Crippen LogP contribution in [0.5, 0.6) is 0 Å². The minimum atomic E-state index is -3.94. The van der Waals surface area contributed by atoms with E-state index in [0.717, 1.165) is 0 Å². The molecule has 0 unspecified atom stereocenters. The molecule has 4 heteroatoms. The van der Waals surface area contributed by atoms with Crippen LogP contribution in [0, 0.1) is 0 Å². The summed E-state index contributed by atoms with van der Waals surface area (Å²) in [4.78, 5) is 0.0383. The first-order valence-corrected chi connectivity index (χ1v) is 6.65. The Hall–Kier alpha value is -0.870. The number of rotatable bonds is 5. The van der Waals surface area contributed by atoms with Crippen LogP contribution in [-0.4, -0.2) is 46.3 Å². The summed E-state index contributed by atoms with van der Waals surface area (Å²) in [6.07, 6.45) is -0.0201. The molecule has 0 fully saturated rings. The molecule has 0 N–H and O–H groups in total. The fraction of sp³-hybridized carbons (Fsp3) is 0.500. The number of quaternary nitrogens is 1. The Morgan fingerprint density at radius 2 is 1.75 bits per heavy atom. The molecule has 0 radical (unpaired) electrons. The normalized spacial score (nSPS) is 15.4. The summed E-state index contributed by atoms with van der Waals surface area (Å²) < 4.78 is 40.5. The molecule has 0 saturated heterocycles. The lowest BCUT2D eigenvalue weighted by atomic mass is 10.4. The lowest BCUT2D eigenvalue weighted by molar-refractivity contribution is -0.870. The average Bonchev–Trinajstić information content (AvgIpc) is 2.27. The Balaban J connectivity index is 2.97. The number of hydrogen-bond donors (Lipinski definition) is 0. The quantitative estimate of drug-likeness (QED) is 0.737. The maximum atomic E-state index is 12.2. The van der Waals surface area contributed by atoms with Gasteiger partial charge in [0.25, 0.3) is 0 Å². The standard InChI is InChI=1S/C12H20NO2S/c1-13(2,3)10-7-11-16(14,15)12-8-5-4-6-9-12/h4-6,8-9H,7,10-11H2,1-3H3/q+1/i11D2. The van der Waals surface area contributed by atoms with E-state index in [-0.39, 0.29) is 11.3 Å². The summed E-state index contributed by atoms with van der Waals surface area (Å²) in [5, 5.41) is 0. The molecule has 1 aromatic carbocycles. The molecule has 1 rings (SSSR count). The van der Waals surface area contributed by atoms with Gasteiger partial charge < -0.3 is 4.48 Å². The second-order valence-corrected chi connectivity index (χ2v) is 6.49. The topological polar surface area (TPSA) is 34.1 Å². The molecular formula is C12H20NO2S+. The van der Waals surface area contributed by atoms with Gasteiger partial charge in [-0.3, -0.25) is 0 Å². The van der Waals surface area contributed by atoms with Crippen molar-refractivity contribution in [2.24, 2.45) is 0 Å². The Bertz CT molecular complexity index is 493. The molecule has 0 amide bonds. The predicted molar refractivity (Wildman–Crippen MR) is 66.0 cm³/mol. The molecule has 0 aliphatic rings. The molecule has 0 bridgehead atoms. The molecule has 0 aliphatic heterocycles. The number of nitrogens with zero attached hydrogens (tertiary/aromatic N) is 1. The van der Waals surface area contributed by atoms with Gasteiger partial charge in [-0.1, -0.05) is 18.2 Å². The van der Waals surface area contributed by atoms with Crippen LogP contribution in [0.3, 0.4) is 0 Å². The lowest BCUT2D eigenvalue weighted by Gasteiger charge is -2.23. The van der Waals surface area contributed by atoms with Gasteiger partial charge in [0.05, 0.1) is 38.3 Å². The molecule has 0 atom stereocenters. The fourth-order valence-electron chi connectivity index (χ4n) is 1.20. The summed E-state index contributed by atoms with van der Waals surface area (Å²) >= 11 is 0. The highest BCUT2D eigenvalue weighted by Gasteiger charge is 2.15. The van der Waals surface area contributed by atoms with Gasteiger partial charge in [0.2, 0.25) is 0 Å². The maximum Gasteiger partial charge on any atom is 0.178 e. The van der Waals surface area contributed by atoms with E-state index < -0.39 is 15.5 Å². The van der Waals surface area contributed by atoms with Crippen molar-refractivity contribution in [1.82, 2.24) is 0 Å². The highest BCUT2D eigenvalue weighted by atomic mass is 32.2.